The van der Waals surface area contributed by atoms with E-state index in [1.54, 1.807) is 26.2 Å². The summed E-state index contributed by atoms with van der Waals surface area (Å²) in [6, 6.07) is 1.88. The van der Waals surface area contributed by atoms with Crippen LogP contribution >= 0.6 is 0 Å². The fourth-order valence-electron chi connectivity index (χ4n) is 1.92. The molecule has 0 unspecified atom stereocenters. The number of hydroxylamine groups is 1. The highest BCUT2D eigenvalue weighted by atomic mass is 16.7. The zero-order valence-corrected chi connectivity index (χ0v) is 13.1. The van der Waals surface area contributed by atoms with Gasteiger partial charge in [0.15, 0.2) is 6.61 Å². The molecule has 22 heavy (non-hydrogen) atoms. The SMILES string of the molecule is CN(C)c1ccncc1CC(C)(C)OC(=O)NOCC(=O)O. The highest BCUT2D eigenvalue weighted by molar-refractivity contribution is 5.69. The molecule has 8 nitrogen and oxygen atoms in total. The molecule has 0 atom stereocenters. The molecule has 0 aliphatic heterocycles. The summed E-state index contributed by atoms with van der Waals surface area (Å²) in [7, 11) is 3.83. The summed E-state index contributed by atoms with van der Waals surface area (Å²) in [5.41, 5.74) is 3.02. The quantitative estimate of drug-likeness (QED) is 0.730. The zero-order chi connectivity index (χ0) is 16.8. The van der Waals surface area contributed by atoms with Crippen LogP contribution in [-0.4, -0.2) is 48.5 Å². The van der Waals surface area contributed by atoms with Gasteiger partial charge in [-0.25, -0.2) is 9.59 Å². The summed E-state index contributed by atoms with van der Waals surface area (Å²) in [5, 5.41) is 8.41. The highest BCUT2D eigenvalue weighted by Gasteiger charge is 2.25. The molecule has 0 saturated heterocycles. The Hall–Kier alpha value is -2.35. The average molecular weight is 311 g/mol. The number of ether oxygens (including phenoxy) is 1. The Morgan fingerprint density at radius 3 is 2.68 bits per heavy atom. The molecule has 0 saturated carbocycles. The summed E-state index contributed by atoms with van der Waals surface area (Å²) in [5.74, 6) is -1.19. The van der Waals surface area contributed by atoms with Crippen LogP contribution in [0.15, 0.2) is 18.5 Å². The van der Waals surface area contributed by atoms with Crippen LogP contribution in [0.2, 0.25) is 0 Å². The summed E-state index contributed by atoms with van der Waals surface area (Å²) < 4.78 is 5.24. The first-order chi connectivity index (χ1) is 10.2. The molecule has 1 aromatic rings. The number of rotatable bonds is 7. The first kappa shape index (κ1) is 17.7. The van der Waals surface area contributed by atoms with Crippen molar-refractivity contribution in [2.75, 3.05) is 25.6 Å². The Bertz CT molecular complexity index is 531. The number of hydrogen-bond donors (Lipinski definition) is 2. The van der Waals surface area contributed by atoms with Crippen LogP contribution in [0.25, 0.3) is 0 Å². The van der Waals surface area contributed by atoms with Gasteiger partial charge in [0.2, 0.25) is 0 Å². The van der Waals surface area contributed by atoms with Crippen molar-refractivity contribution in [2.45, 2.75) is 25.9 Å². The van der Waals surface area contributed by atoms with Gasteiger partial charge in [-0.05, 0) is 25.5 Å². The zero-order valence-electron chi connectivity index (χ0n) is 13.1. The third kappa shape index (κ3) is 5.96. The minimum Gasteiger partial charge on any atom is -0.479 e. The van der Waals surface area contributed by atoms with Crippen LogP contribution in [0, 0.1) is 0 Å². The third-order valence-corrected chi connectivity index (χ3v) is 2.70. The second-order valence-electron chi connectivity index (χ2n) is 5.51. The molecule has 0 fully saturated rings. The third-order valence-electron chi connectivity index (χ3n) is 2.70. The van der Waals surface area contributed by atoms with Crippen LogP contribution in [0.3, 0.4) is 0 Å². The van der Waals surface area contributed by atoms with E-state index in [1.165, 1.54) is 0 Å². The maximum Gasteiger partial charge on any atom is 0.431 e. The molecule has 1 rings (SSSR count). The van der Waals surface area contributed by atoms with Crippen LogP contribution in [-0.2, 0) is 20.8 Å². The van der Waals surface area contributed by atoms with Crippen LogP contribution in [0.1, 0.15) is 19.4 Å². The molecule has 0 aromatic carbocycles. The molecular formula is C14H21N3O5. The van der Waals surface area contributed by atoms with E-state index in [-0.39, 0.29) is 0 Å². The molecule has 1 amide bonds. The number of carboxylic acid groups (broad SMARTS) is 1. The van der Waals surface area contributed by atoms with Crippen molar-refractivity contribution in [1.29, 1.82) is 0 Å². The minimum atomic E-state index is -1.19. The van der Waals surface area contributed by atoms with Gasteiger partial charge >= 0.3 is 12.1 Å². The largest absolute Gasteiger partial charge is 0.479 e. The molecule has 0 spiro atoms. The Morgan fingerprint density at radius 2 is 2.09 bits per heavy atom. The van der Waals surface area contributed by atoms with Crippen molar-refractivity contribution in [3.8, 4) is 0 Å². The molecule has 8 heteroatoms. The lowest BCUT2D eigenvalue weighted by molar-refractivity contribution is -0.144. The lowest BCUT2D eigenvalue weighted by atomic mass is 9.98. The van der Waals surface area contributed by atoms with Crippen molar-refractivity contribution in [2.24, 2.45) is 0 Å². The van der Waals surface area contributed by atoms with Crippen molar-refractivity contribution >= 4 is 17.7 Å². The number of aromatic nitrogens is 1. The minimum absolute atomic E-state index is 0.445. The van der Waals surface area contributed by atoms with E-state index in [2.05, 4.69) is 9.82 Å². The van der Waals surface area contributed by atoms with E-state index in [1.807, 2.05) is 30.5 Å². The fraction of sp³-hybridized carbons (Fsp3) is 0.500. The molecule has 1 aromatic heterocycles. The van der Waals surface area contributed by atoms with Gasteiger partial charge < -0.3 is 14.7 Å². The number of pyridine rings is 1. The number of carbonyl (C=O) groups is 2. The summed E-state index contributed by atoms with van der Waals surface area (Å²) in [6.07, 6.45) is 3.01. The monoisotopic (exact) mass is 311 g/mol. The Morgan fingerprint density at radius 1 is 1.41 bits per heavy atom. The van der Waals surface area contributed by atoms with Gasteiger partial charge in [0, 0.05) is 38.6 Å². The Balaban J connectivity index is 2.63. The van der Waals surface area contributed by atoms with Gasteiger partial charge in [0.1, 0.15) is 5.60 Å². The number of nitrogens with one attached hydrogen (secondary N) is 1. The van der Waals surface area contributed by atoms with Crippen LogP contribution in [0.4, 0.5) is 10.5 Å². The first-order valence-corrected chi connectivity index (χ1v) is 6.64. The first-order valence-electron chi connectivity index (χ1n) is 6.64. The molecule has 0 bridgehead atoms. The molecule has 0 radical (unpaired) electrons. The van der Waals surface area contributed by atoms with Gasteiger partial charge in [-0.3, -0.25) is 9.82 Å². The number of nitrogens with zero attached hydrogens (tertiary/aromatic N) is 2. The highest BCUT2D eigenvalue weighted by Crippen LogP contribution is 2.24. The predicted molar refractivity (Wildman–Crippen MR) is 79.6 cm³/mol. The molecule has 0 aliphatic carbocycles. The number of carbonyl (C=O) groups excluding carboxylic acids is 1. The van der Waals surface area contributed by atoms with E-state index < -0.39 is 24.3 Å². The number of amides is 1. The molecule has 122 valence electrons. The Kier molecular flexibility index (Phi) is 6.11. The number of anilines is 1. The van der Waals surface area contributed by atoms with Gasteiger partial charge in [0.05, 0.1) is 0 Å². The van der Waals surface area contributed by atoms with Gasteiger partial charge in [-0.1, -0.05) is 0 Å². The fourth-order valence-corrected chi connectivity index (χ4v) is 1.92. The van der Waals surface area contributed by atoms with E-state index in [0.29, 0.717) is 6.42 Å². The maximum absolute atomic E-state index is 11.6. The second kappa shape index (κ2) is 7.60. The molecule has 0 aliphatic rings. The smallest absolute Gasteiger partial charge is 0.431 e. The van der Waals surface area contributed by atoms with E-state index in [4.69, 9.17) is 9.84 Å². The molecular weight excluding hydrogens is 290 g/mol. The van der Waals surface area contributed by atoms with Gasteiger partial charge in [0.25, 0.3) is 0 Å². The summed E-state index contributed by atoms with van der Waals surface area (Å²) in [4.78, 5) is 32.4. The molecule has 1 heterocycles. The average Bonchev–Trinajstić information content (AvgIpc) is 2.37. The summed E-state index contributed by atoms with van der Waals surface area (Å²) in [6.45, 7) is 2.86. The topological polar surface area (TPSA) is 101 Å². The number of hydrogen-bond acceptors (Lipinski definition) is 6. The lowest BCUT2D eigenvalue weighted by Gasteiger charge is -2.27. The lowest BCUT2D eigenvalue weighted by Crippen LogP contribution is -2.37. The van der Waals surface area contributed by atoms with Gasteiger partial charge in [-0.2, -0.15) is 5.48 Å². The van der Waals surface area contributed by atoms with E-state index in [9.17, 15) is 9.59 Å². The normalized spacial score (nSPS) is 10.9. The number of carboxylic acids is 1. The van der Waals surface area contributed by atoms with Gasteiger partial charge in [-0.15, -0.1) is 0 Å². The Labute approximate surface area is 129 Å². The summed E-state index contributed by atoms with van der Waals surface area (Å²) >= 11 is 0. The van der Waals surface area contributed by atoms with Crippen molar-refractivity contribution in [1.82, 2.24) is 10.5 Å². The molecule has 2 N–H and O–H groups in total. The van der Waals surface area contributed by atoms with E-state index >= 15 is 0 Å². The number of aliphatic carboxylic acids is 1. The predicted octanol–water partition coefficient (Wildman–Crippen LogP) is 1.21. The van der Waals surface area contributed by atoms with E-state index in [0.717, 1.165) is 11.3 Å². The van der Waals surface area contributed by atoms with Crippen LogP contribution in [0.5, 0.6) is 0 Å². The maximum atomic E-state index is 11.6. The van der Waals surface area contributed by atoms with Crippen molar-refractivity contribution in [3.05, 3.63) is 24.0 Å². The van der Waals surface area contributed by atoms with Crippen molar-refractivity contribution < 1.29 is 24.3 Å². The standard InChI is InChI=1S/C14H21N3O5/c1-14(2,22-13(20)16-21-9-12(18)19)7-10-8-15-6-5-11(10)17(3)4/h5-6,8H,7,9H2,1-4H3,(H,16,20)(H,18,19). The van der Waals surface area contributed by atoms with Crippen molar-refractivity contribution in [3.63, 3.8) is 0 Å². The second-order valence-corrected chi connectivity index (χ2v) is 5.51. The van der Waals surface area contributed by atoms with Crippen LogP contribution < -0.4 is 10.4 Å².